The number of hydrogen-bond donors (Lipinski definition) is 2. The van der Waals surface area contributed by atoms with Gasteiger partial charge < -0.3 is 15.3 Å². The summed E-state index contributed by atoms with van der Waals surface area (Å²) in [6.07, 6.45) is 5.54. The largest absolute Gasteiger partial charge is 0.346 e. The number of pyridine rings is 1. The molecule has 156 valence electrons. The van der Waals surface area contributed by atoms with Gasteiger partial charge in [0, 0.05) is 30.7 Å². The van der Waals surface area contributed by atoms with Crippen molar-refractivity contribution in [3.05, 3.63) is 48.4 Å². The maximum Gasteiger partial charge on any atom is 0.226 e. The number of benzene rings is 1. The second-order valence-corrected chi connectivity index (χ2v) is 9.56. The van der Waals surface area contributed by atoms with Crippen LogP contribution in [-0.4, -0.2) is 54.2 Å². The van der Waals surface area contributed by atoms with Crippen LogP contribution < -0.4 is 10.3 Å². The number of rotatable bonds is 4. The molecule has 0 aliphatic carbocycles. The topological polar surface area (TPSA) is 95.9 Å². The minimum absolute atomic E-state index is 0.00869. The quantitative estimate of drug-likeness (QED) is 0.522. The van der Waals surface area contributed by atoms with Crippen molar-refractivity contribution in [3.63, 3.8) is 0 Å². The molecule has 9 heteroatoms. The van der Waals surface area contributed by atoms with Gasteiger partial charge in [0.05, 0.1) is 4.90 Å². The van der Waals surface area contributed by atoms with Crippen LogP contribution in [-0.2, 0) is 9.84 Å². The number of piperidine rings is 1. The van der Waals surface area contributed by atoms with Gasteiger partial charge in [0.15, 0.2) is 5.03 Å². The molecule has 0 amide bonds. The van der Waals surface area contributed by atoms with E-state index in [-0.39, 0.29) is 9.92 Å². The summed E-state index contributed by atoms with van der Waals surface area (Å²) in [5, 5.41) is 6.42. The van der Waals surface area contributed by atoms with E-state index in [0.717, 1.165) is 36.8 Å². The van der Waals surface area contributed by atoms with Gasteiger partial charge in [0.25, 0.3) is 0 Å². The lowest BCUT2D eigenvalue weighted by Gasteiger charge is -2.34. The second-order valence-electron chi connectivity index (χ2n) is 7.73. The molecule has 1 fully saturated rings. The molecule has 2 N–H and O–H groups in total. The number of nitrogens with one attached hydrogen (secondary N) is 2. The first-order valence-electron chi connectivity index (χ1n) is 10.1. The Balaban J connectivity index is 1.71. The molecule has 30 heavy (non-hydrogen) atoms. The number of nitrogens with zero attached hydrogens (tertiary/aromatic N) is 4. The van der Waals surface area contributed by atoms with Gasteiger partial charge in [-0.1, -0.05) is 18.2 Å². The number of aromatic nitrogens is 4. The van der Waals surface area contributed by atoms with Crippen LogP contribution in [0.25, 0.3) is 22.1 Å². The zero-order valence-corrected chi connectivity index (χ0v) is 17.8. The van der Waals surface area contributed by atoms with E-state index in [1.807, 2.05) is 23.9 Å². The minimum Gasteiger partial charge on any atom is -0.346 e. The number of aromatic amines is 1. The van der Waals surface area contributed by atoms with Crippen LogP contribution in [0.1, 0.15) is 18.4 Å². The molecule has 4 heterocycles. The summed E-state index contributed by atoms with van der Waals surface area (Å²) in [7, 11) is -1.84. The van der Waals surface area contributed by atoms with Crippen molar-refractivity contribution >= 4 is 31.9 Å². The molecule has 0 unspecified atom stereocenters. The maximum absolute atomic E-state index is 13.6. The Morgan fingerprint density at radius 2 is 1.93 bits per heavy atom. The van der Waals surface area contributed by atoms with E-state index in [9.17, 15) is 8.42 Å². The third kappa shape index (κ3) is 2.88. The maximum atomic E-state index is 13.6. The zero-order chi connectivity index (χ0) is 20.9. The number of aryl methyl sites for hydroxylation is 1. The SMILES string of the molecule is CNC1CCN(n2cnc3c(S(=O)(=O)c4ccccc4C)nc4[nH]ccc4c32)CC1. The normalized spacial score (nSPS) is 16.0. The van der Waals surface area contributed by atoms with E-state index in [1.54, 1.807) is 37.6 Å². The predicted molar refractivity (Wildman–Crippen MR) is 116 cm³/mol. The van der Waals surface area contributed by atoms with Crippen molar-refractivity contribution in [2.45, 2.75) is 35.7 Å². The van der Waals surface area contributed by atoms with Crippen LogP contribution in [0.4, 0.5) is 0 Å². The average Bonchev–Trinajstić information content (AvgIpc) is 3.40. The summed E-state index contributed by atoms with van der Waals surface area (Å²) >= 11 is 0. The summed E-state index contributed by atoms with van der Waals surface area (Å²) in [6.45, 7) is 3.53. The molecule has 3 aromatic heterocycles. The Hall–Kier alpha value is -2.91. The van der Waals surface area contributed by atoms with E-state index in [1.165, 1.54) is 0 Å². The van der Waals surface area contributed by atoms with E-state index in [4.69, 9.17) is 0 Å². The zero-order valence-electron chi connectivity index (χ0n) is 17.0. The monoisotopic (exact) mass is 424 g/mol. The minimum atomic E-state index is -3.83. The standard InChI is InChI=1S/C21H24N6O2S/c1-14-5-3-4-6-17(14)30(28,29)21-18-19(16-7-10-23-20(16)25-21)27(13-24-18)26-11-8-15(22-2)9-12-26/h3-7,10,13,15,22H,8-9,11-12H2,1-2H3,(H,23,25). The second kappa shape index (κ2) is 7.10. The highest BCUT2D eigenvalue weighted by Gasteiger charge is 2.29. The number of sulfone groups is 1. The fourth-order valence-corrected chi connectivity index (χ4v) is 5.85. The number of H-pyrrole nitrogens is 1. The molecular formula is C21H24N6O2S. The summed E-state index contributed by atoms with van der Waals surface area (Å²) in [6, 6.07) is 9.40. The van der Waals surface area contributed by atoms with Crippen LogP contribution in [0.15, 0.2) is 52.8 Å². The van der Waals surface area contributed by atoms with E-state index < -0.39 is 9.84 Å². The number of imidazole rings is 1. The molecule has 0 radical (unpaired) electrons. The molecule has 1 aromatic carbocycles. The van der Waals surface area contributed by atoms with Gasteiger partial charge in [-0.3, -0.25) is 0 Å². The van der Waals surface area contributed by atoms with Gasteiger partial charge >= 0.3 is 0 Å². The molecule has 1 aliphatic heterocycles. The highest BCUT2D eigenvalue weighted by atomic mass is 32.2. The van der Waals surface area contributed by atoms with Crippen LogP contribution >= 0.6 is 0 Å². The highest BCUT2D eigenvalue weighted by molar-refractivity contribution is 7.91. The Bertz CT molecular complexity index is 1330. The number of hydrogen-bond acceptors (Lipinski definition) is 6. The molecule has 1 saturated heterocycles. The molecule has 0 bridgehead atoms. The fourth-order valence-electron chi connectivity index (χ4n) is 4.28. The van der Waals surface area contributed by atoms with Gasteiger partial charge in [0.2, 0.25) is 9.84 Å². The molecule has 0 atom stereocenters. The van der Waals surface area contributed by atoms with Crippen molar-refractivity contribution in [3.8, 4) is 0 Å². The van der Waals surface area contributed by atoms with Crippen LogP contribution in [0.3, 0.4) is 0 Å². The molecule has 1 aliphatic rings. The van der Waals surface area contributed by atoms with Crippen molar-refractivity contribution in [1.82, 2.24) is 24.9 Å². The van der Waals surface area contributed by atoms with Crippen LogP contribution in [0, 0.1) is 6.92 Å². The van der Waals surface area contributed by atoms with Crippen molar-refractivity contribution in [2.24, 2.45) is 0 Å². The molecule has 0 saturated carbocycles. The smallest absolute Gasteiger partial charge is 0.226 e. The lowest BCUT2D eigenvalue weighted by Crippen LogP contribution is -2.46. The first-order chi connectivity index (χ1) is 14.5. The Kier molecular flexibility index (Phi) is 4.52. The first kappa shape index (κ1) is 19.1. The van der Waals surface area contributed by atoms with Crippen LogP contribution in [0.5, 0.6) is 0 Å². The molecule has 0 spiro atoms. The lowest BCUT2D eigenvalue weighted by atomic mass is 10.1. The van der Waals surface area contributed by atoms with Crippen molar-refractivity contribution in [1.29, 1.82) is 0 Å². The summed E-state index contributed by atoms with van der Waals surface area (Å²) in [5.74, 6) is 0. The van der Waals surface area contributed by atoms with Gasteiger partial charge in [-0.05, 0) is 44.5 Å². The lowest BCUT2D eigenvalue weighted by molar-refractivity contribution is 0.398. The average molecular weight is 425 g/mol. The first-order valence-corrected chi connectivity index (χ1v) is 11.6. The van der Waals surface area contributed by atoms with Crippen molar-refractivity contribution < 1.29 is 8.42 Å². The highest BCUT2D eigenvalue weighted by Crippen LogP contribution is 2.32. The number of fused-ring (bicyclic) bond motifs is 3. The van der Waals surface area contributed by atoms with E-state index in [0.29, 0.717) is 22.8 Å². The van der Waals surface area contributed by atoms with Gasteiger partial charge in [-0.25, -0.2) is 23.1 Å². The van der Waals surface area contributed by atoms with Gasteiger partial charge in [-0.2, -0.15) is 0 Å². The van der Waals surface area contributed by atoms with Gasteiger partial charge in [0.1, 0.15) is 23.0 Å². The Morgan fingerprint density at radius 1 is 1.17 bits per heavy atom. The third-order valence-corrected chi connectivity index (χ3v) is 7.80. The molecular weight excluding hydrogens is 400 g/mol. The Labute approximate surface area is 174 Å². The van der Waals surface area contributed by atoms with Crippen LogP contribution in [0.2, 0.25) is 0 Å². The predicted octanol–water partition coefficient (Wildman–Crippen LogP) is 2.37. The van der Waals surface area contributed by atoms with E-state index >= 15 is 0 Å². The molecule has 8 nitrogen and oxygen atoms in total. The van der Waals surface area contributed by atoms with E-state index in [2.05, 4.69) is 25.3 Å². The third-order valence-electron chi connectivity index (χ3n) is 5.97. The molecule has 5 rings (SSSR count). The van der Waals surface area contributed by atoms with Gasteiger partial charge in [-0.15, -0.1) is 0 Å². The Morgan fingerprint density at radius 3 is 2.67 bits per heavy atom. The summed E-state index contributed by atoms with van der Waals surface area (Å²) in [5.41, 5.74) is 2.41. The molecule has 4 aromatic rings. The summed E-state index contributed by atoms with van der Waals surface area (Å²) < 4.78 is 29.1. The van der Waals surface area contributed by atoms with Crippen molar-refractivity contribution in [2.75, 3.05) is 25.1 Å². The fraction of sp³-hybridized carbons (Fsp3) is 0.333. The summed E-state index contributed by atoms with van der Waals surface area (Å²) in [4.78, 5) is 12.4.